The normalized spacial score (nSPS) is 20.1. The number of hydrogen-bond acceptors (Lipinski definition) is 0. The van der Waals surface area contributed by atoms with Crippen LogP contribution < -0.4 is 4.57 Å². The Balaban J connectivity index is 1.57. The summed E-state index contributed by atoms with van der Waals surface area (Å²) in [4.78, 5) is 0. The number of hydrogen-bond donors (Lipinski definition) is 0. The first-order valence-electron chi connectivity index (χ1n) is 11.5. The molecule has 0 amide bonds. The monoisotopic (exact) mass is 370 g/mol. The van der Waals surface area contributed by atoms with Gasteiger partial charge in [0.1, 0.15) is 7.05 Å². The second kappa shape index (κ2) is 6.58. The van der Waals surface area contributed by atoms with Gasteiger partial charge in [0, 0.05) is 19.9 Å². The van der Waals surface area contributed by atoms with Crippen molar-refractivity contribution < 1.29 is 7.31 Å². The van der Waals surface area contributed by atoms with E-state index in [1.165, 1.54) is 39.1 Å². The van der Waals surface area contributed by atoms with Crippen molar-refractivity contribution in [3.63, 3.8) is 0 Å². The molecule has 3 aromatic rings. The Hall–Kier alpha value is -2.41. The van der Waals surface area contributed by atoms with Crippen molar-refractivity contribution in [1.82, 2.24) is 0 Å². The first-order valence-corrected chi connectivity index (χ1v) is 10.5. The Kier molecular flexibility index (Phi) is 3.65. The molecule has 2 aliphatic carbocycles. The van der Waals surface area contributed by atoms with Gasteiger partial charge in [0.2, 0.25) is 5.69 Å². The minimum atomic E-state index is -1.20. The molecule has 2 aromatic carbocycles. The summed E-state index contributed by atoms with van der Waals surface area (Å²) >= 11 is 0. The van der Waals surface area contributed by atoms with Crippen LogP contribution in [0.3, 0.4) is 0 Å². The van der Waals surface area contributed by atoms with E-state index in [2.05, 4.69) is 80.2 Å². The Morgan fingerprint density at radius 3 is 2.46 bits per heavy atom. The lowest BCUT2D eigenvalue weighted by Crippen LogP contribution is -2.31. The Labute approximate surface area is 171 Å². The molecule has 1 saturated carbocycles. The molecular weight excluding hydrogens is 338 g/mol. The van der Waals surface area contributed by atoms with Gasteiger partial charge in [-0.3, -0.25) is 0 Å². The second-order valence-electron chi connectivity index (χ2n) is 8.84. The van der Waals surface area contributed by atoms with Gasteiger partial charge in [0.05, 0.1) is 0 Å². The van der Waals surface area contributed by atoms with Crippen LogP contribution in [0.5, 0.6) is 0 Å². The van der Waals surface area contributed by atoms with Crippen LogP contribution in [0, 0.1) is 19.3 Å². The molecule has 0 unspecified atom stereocenters. The third-order valence-corrected chi connectivity index (χ3v) is 6.81. The van der Waals surface area contributed by atoms with Gasteiger partial charge < -0.3 is 0 Å². The first kappa shape index (κ1) is 15.5. The lowest BCUT2D eigenvalue weighted by molar-refractivity contribution is -0.660. The highest BCUT2D eigenvalue weighted by atomic mass is 14.9. The van der Waals surface area contributed by atoms with E-state index in [-0.39, 0.29) is 5.41 Å². The third-order valence-electron chi connectivity index (χ3n) is 6.81. The summed E-state index contributed by atoms with van der Waals surface area (Å²) in [7, 11) is 2.12. The topological polar surface area (TPSA) is 3.88 Å². The average Bonchev–Trinajstić information content (AvgIpc) is 3.27. The van der Waals surface area contributed by atoms with Crippen LogP contribution in [-0.4, -0.2) is 0 Å². The minimum Gasteiger partial charge on any atom is -0.200 e. The maximum atomic E-state index is 8.87. The Bertz CT molecular complexity index is 1140. The van der Waals surface area contributed by atoms with Gasteiger partial charge in [0.25, 0.3) is 0 Å². The van der Waals surface area contributed by atoms with Crippen molar-refractivity contribution in [2.75, 3.05) is 0 Å². The van der Waals surface area contributed by atoms with E-state index in [1.54, 1.807) is 0 Å². The molecule has 1 fully saturated rings. The molecule has 1 nitrogen and oxygen atoms in total. The summed E-state index contributed by atoms with van der Waals surface area (Å²) in [6, 6.07) is 17.2. The van der Waals surface area contributed by atoms with Crippen LogP contribution >= 0.6 is 0 Å². The fourth-order valence-electron chi connectivity index (χ4n) is 5.26. The molecule has 5 rings (SSSR count). The summed E-state index contributed by atoms with van der Waals surface area (Å²) in [6.45, 7) is 4.34. The van der Waals surface area contributed by atoms with Crippen molar-refractivity contribution in [1.29, 1.82) is 0 Å². The highest BCUT2D eigenvalue weighted by Crippen LogP contribution is 2.49. The summed E-state index contributed by atoms with van der Waals surface area (Å²) in [5.41, 5.74) is 9.40. The quantitative estimate of drug-likeness (QED) is 0.478. The highest BCUT2D eigenvalue weighted by molar-refractivity contribution is 5.70. The van der Waals surface area contributed by atoms with Crippen LogP contribution in [0.25, 0.3) is 22.4 Å². The predicted octanol–water partition coefficient (Wildman–Crippen LogP) is 6.12. The standard InChI is InChI=1S/C27H30N/c1-19-8-4-5-9-24(19)26-14-20(2)25(18-28(26)3)21-10-11-22-16-27(12-6-7-13-27)17-23(22)15-21/h4-5,8-11,14-15,18H,6-7,12-13,16-17H2,1-3H3/q+1/i16D2. The van der Waals surface area contributed by atoms with E-state index >= 15 is 0 Å². The van der Waals surface area contributed by atoms with Crippen molar-refractivity contribution in [3.8, 4) is 22.4 Å². The van der Waals surface area contributed by atoms with Gasteiger partial charge in [-0.2, -0.15) is 0 Å². The molecule has 1 spiro atoms. The molecule has 0 bridgehead atoms. The van der Waals surface area contributed by atoms with Crippen LogP contribution in [0.4, 0.5) is 0 Å². The van der Waals surface area contributed by atoms with Crippen LogP contribution in [0.1, 0.15) is 50.7 Å². The van der Waals surface area contributed by atoms with Crippen LogP contribution in [0.15, 0.2) is 54.7 Å². The van der Waals surface area contributed by atoms with Crippen molar-refractivity contribution in [2.45, 2.75) is 52.3 Å². The van der Waals surface area contributed by atoms with Gasteiger partial charge in [-0.05, 0) is 78.8 Å². The van der Waals surface area contributed by atoms with E-state index in [0.29, 0.717) is 0 Å². The molecule has 142 valence electrons. The fraction of sp³-hybridized carbons (Fsp3) is 0.370. The lowest BCUT2D eigenvalue weighted by Gasteiger charge is -2.21. The second-order valence-corrected chi connectivity index (χ2v) is 8.84. The van der Waals surface area contributed by atoms with E-state index in [0.717, 1.165) is 37.7 Å². The van der Waals surface area contributed by atoms with Gasteiger partial charge in [-0.1, -0.05) is 49.2 Å². The predicted molar refractivity (Wildman–Crippen MR) is 116 cm³/mol. The van der Waals surface area contributed by atoms with Gasteiger partial charge in [0.15, 0.2) is 6.20 Å². The zero-order valence-corrected chi connectivity index (χ0v) is 17.2. The van der Waals surface area contributed by atoms with Crippen LogP contribution in [-0.2, 0) is 19.8 Å². The van der Waals surface area contributed by atoms with Crippen molar-refractivity contribution in [2.24, 2.45) is 12.5 Å². The molecular formula is C27H30N+. The molecule has 0 atom stereocenters. The summed E-state index contributed by atoms with van der Waals surface area (Å²) in [6.07, 6.45) is 6.27. The maximum absolute atomic E-state index is 8.87. The maximum Gasteiger partial charge on any atom is 0.212 e. The van der Waals surface area contributed by atoms with Crippen LogP contribution in [0.2, 0.25) is 0 Å². The third kappa shape index (κ3) is 2.89. The molecule has 0 radical (unpaired) electrons. The van der Waals surface area contributed by atoms with Gasteiger partial charge in [-0.25, -0.2) is 4.57 Å². The van der Waals surface area contributed by atoms with E-state index in [4.69, 9.17) is 2.74 Å². The van der Waals surface area contributed by atoms with Crippen molar-refractivity contribution >= 4 is 0 Å². The van der Waals surface area contributed by atoms with E-state index in [9.17, 15) is 0 Å². The minimum absolute atomic E-state index is 0.178. The number of pyridine rings is 1. The molecule has 1 heterocycles. The Morgan fingerprint density at radius 1 is 0.893 bits per heavy atom. The first-order chi connectivity index (χ1) is 14.3. The molecule has 0 aliphatic heterocycles. The summed E-state index contributed by atoms with van der Waals surface area (Å²) in [5, 5.41) is 0. The highest BCUT2D eigenvalue weighted by Gasteiger charge is 2.39. The fourth-order valence-corrected chi connectivity index (χ4v) is 5.26. The van der Waals surface area contributed by atoms with Crippen molar-refractivity contribution in [3.05, 3.63) is 77.0 Å². The lowest BCUT2D eigenvalue weighted by atomic mass is 9.83. The largest absolute Gasteiger partial charge is 0.212 e. The smallest absolute Gasteiger partial charge is 0.200 e. The number of aromatic nitrogens is 1. The molecule has 0 N–H and O–H groups in total. The van der Waals surface area contributed by atoms with E-state index in [1.807, 2.05) is 0 Å². The summed E-state index contributed by atoms with van der Waals surface area (Å²) in [5.74, 6) is 0. The number of rotatable bonds is 2. The van der Waals surface area contributed by atoms with E-state index < -0.39 is 6.37 Å². The summed E-state index contributed by atoms with van der Waals surface area (Å²) < 4.78 is 20.0. The number of fused-ring (bicyclic) bond motifs is 1. The molecule has 28 heavy (non-hydrogen) atoms. The number of benzene rings is 2. The molecule has 2 aliphatic rings. The molecule has 1 aromatic heterocycles. The Morgan fingerprint density at radius 2 is 1.68 bits per heavy atom. The number of aryl methyl sites for hydroxylation is 3. The SMILES string of the molecule is [2H]C1([2H])c2ccc(-c3c[n+](C)c(-c4ccccc4C)cc3C)cc2CC12CCCC2. The molecule has 1 heteroatoms. The van der Waals surface area contributed by atoms with Gasteiger partial charge in [-0.15, -0.1) is 0 Å². The molecule has 0 saturated heterocycles. The van der Waals surface area contributed by atoms with Gasteiger partial charge >= 0.3 is 0 Å². The average molecular weight is 371 g/mol. The zero-order chi connectivity index (χ0) is 21.1. The zero-order valence-electron chi connectivity index (χ0n) is 19.2. The number of nitrogens with zero attached hydrogens (tertiary/aromatic N) is 1.